The van der Waals surface area contributed by atoms with Gasteiger partial charge in [-0.1, -0.05) is 60.7 Å². The van der Waals surface area contributed by atoms with Crippen LogP contribution in [0.3, 0.4) is 0 Å². The molecule has 2 N–H and O–H groups in total. The highest BCUT2D eigenvalue weighted by Gasteiger charge is 2.16. The Labute approximate surface area is 226 Å². The molecule has 0 aromatic heterocycles. The lowest BCUT2D eigenvalue weighted by molar-refractivity contribution is -0.385. The summed E-state index contributed by atoms with van der Waals surface area (Å²) in [6.45, 7) is 0. The fourth-order valence-corrected chi connectivity index (χ4v) is 3.49. The number of aromatic hydroxyl groups is 2. The maximum atomic E-state index is 11.1. The Balaban J connectivity index is 1.81. The first-order valence-corrected chi connectivity index (χ1v) is 11.6. The highest BCUT2D eigenvalue weighted by Crippen LogP contribution is 2.22. The zero-order chi connectivity index (χ0) is 28.5. The Hall–Kier alpha value is -6.04. The molecule has 4 aromatic rings. The third-order valence-corrected chi connectivity index (χ3v) is 5.47. The van der Waals surface area contributed by atoms with E-state index in [9.17, 15) is 30.4 Å². The lowest BCUT2D eigenvalue weighted by Crippen LogP contribution is -2.17. The number of benzene rings is 4. The lowest BCUT2D eigenvalue weighted by atomic mass is 10.00. The molecule has 12 nitrogen and oxygen atoms in total. The predicted octanol–water partition coefficient (Wildman–Crippen LogP) is 5.26. The molecule has 0 bridgehead atoms. The molecule has 12 heteroatoms. The molecule has 0 saturated carbocycles. The van der Waals surface area contributed by atoms with E-state index >= 15 is 0 Å². The van der Waals surface area contributed by atoms with Crippen molar-refractivity contribution in [1.29, 1.82) is 0 Å². The molecule has 0 saturated heterocycles. The van der Waals surface area contributed by atoms with E-state index in [-0.39, 0.29) is 45.4 Å². The molecule has 0 spiro atoms. The van der Waals surface area contributed by atoms with Crippen LogP contribution in [-0.4, -0.2) is 43.9 Å². The number of phenols is 2. The minimum Gasteiger partial charge on any atom is -0.507 e. The minimum atomic E-state index is -0.591. The third kappa shape index (κ3) is 6.63. The van der Waals surface area contributed by atoms with Crippen LogP contribution in [0.1, 0.15) is 22.3 Å². The minimum absolute atomic E-state index is 0.0859. The fraction of sp³-hybridized carbons (Fsp3) is 0. The summed E-state index contributed by atoms with van der Waals surface area (Å²) in [6.07, 6.45) is 2.36. The van der Waals surface area contributed by atoms with Crippen molar-refractivity contribution >= 4 is 35.2 Å². The molecule has 0 atom stereocenters. The van der Waals surface area contributed by atoms with Crippen LogP contribution in [0.5, 0.6) is 11.5 Å². The number of rotatable bonds is 9. The number of nitro benzene ring substituents is 2. The number of phenolic OH excluding ortho intramolecular Hbond substituents is 2. The van der Waals surface area contributed by atoms with Gasteiger partial charge in [-0.15, -0.1) is 10.2 Å². The molecule has 0 aliphatic carbocycles. The normalized spacial score (nSPS) is 12.2. The van der Waals surface area contributed by atoms with Gasteiger partial charge in [0.1, 0.15) is 22.9 Å². The molecular weight excluding hydrogens is 516 g/mol. The fourth-order valence-electron chi connectivity index (χ4n) is 3.49. The van der Waals surface area contributed by atoms with Crippen molar-refractivity contribution in [2.75, 3.05) is 0 Å². The summed E-state index contributed by atoms with van der Waals surface area (Å²) in [4.78, 5) is 21.1. The van der Waals surface area contributed by atoms with E-state index in [2.05, 4.69) is 20.4 Å². The smallest absolute Gasteiger partial charge is 0.270 e. The number of hydrogen-bond donors (Lipinski definition) is 2. The van der Waals surface area contributed by atoms with Gasteiger partial charge in [-0.05, 0) is 12.1 Å². The quantitative estimate of drug-likeness (QED) is 0.167. The van der Waals surface area contributed by atoms with Gasteiger partial charge in [-0.25, -0.2) is 0 Å². The van der Waals surface area contributed by atoms with E-state index in [0.717, 1.165) is 0 Å². The molecule has 0 aliphatic heterocycles. The molecule has 198 valence electrons. The van der Waals surface area contributed by atoms with Crippen LogP contribution in [0.2, 0.25) is 0 Å². The van der Waals surface area contributed by atoms with Gasteiger partial charge in [0, 0.05) is 46.5 Å². The summed E-state index contributed by atoms with van der Waals surface area (Å²) in [5.41, 5.74) is 1.48. The van der Waals surface area contributed by atoms with Gasteiger partial charge < -0.3 is 10.2 Å². The van der Waals surface area contributed by atoms with Gasteiger partial charge >= 0.3 is 0 Å². The average Bonchev–Trinajstić information content (AvgIpc) is 2.96. The first kappa shape index (κ1) is 27.0. The lowest BCUT2D eigenvalue weighted by Gasteiger charge is -2.08. The van der Waals surface area contributed by atoms with E-state index in [1.807, 2.05) is 12.1 Å². The molecule has 4 rings (SSSR count). The first-order valence-electron chi connectivity index (χ1n) is 11.6. The van der Waals surface area contributed by atoms with Crippen LogP contribution < -0.4 is 0 Å². The second-order valence-corrected chi connectivity index (χ2v) is 8.12. The van der Waals surface area contributed by atoms with Crippen molar-refractivity contribution in [2.45, 2.75) is 0 Å². The van der Waals surface area contributed by atoms with E-state index in [1.165, 1.54) is 48.8 Å². The van der Waals surface area contributed by atoms with E-state index in [4.69, 9.17) is 0 Å². The third-order valence-electron chi connectivity index (χ3n) is 5.47. The molecule has 0 heterocycles. The molecule has 0 aliphatic rings. The topological polar surface area (TPSA) is 176 Å². The van der Waals surface area contributed by atoms with Crippen molar-refractivity contribution in [3.8, 4) is 11.5 Å². The monoisotopic (exact) mass is 536 g/mol. The Morgan fingerprint density at radius 2 is 0.975 bits per heavy atom. The average molecular weight is 537 g/mol. The van der Waals surface area contributed by atoms with Crippen molar-refractivity contribution in [3.63, 3.8) is 0 Å². The molecule has 4 aromatic carbocycles. The van der Waals surface area contributed by atoms with Crippen LogP contribution in [0.15, 0.2) is 117 Å². The molecule has 0 radical (unpaired) electrons. The summed E-state index contributed by atoms with van der Waals surface area (Å²) in [6, 6.07) is 24.9. The molecule has 0 amide bonds. The van der Waals surface area contributed by atoms with Crippen molar-refractivity contribution < 1.29 is 20.1 Å². The highest BCUT2D eigenvalue weighted by atomic mass is 16.6. The summed E-state index contributed by atoms with van der Waals surface area (Å²) >= 11 is 0. The van der Waals surface area contributed by atoms with Gasteiger partial charge in [0.15, 0.2) is 0 Å². The zero-order valence-electron chi connectivity index (χ0n) is 20.6. The number of non-ortho nitro benzene ring substituents is 2. The van der Waals surface area contributed by atoms with Crippen LogP contribution in [-0.2, 0) is 0 Å². The van der Waals surface area contributed by atoms with Gasteiger partial charge in [0.05, 0.1) is 22.3 Å². The predicted molar refractivity (Wildman–Crippen MR) is 151 cm³/mol. The standard InChI is InChI=1S/C28H20N6O6/c35-25-13-11-23(33(37)38)15-21(25)17-29-31-27(19-7-3-1-4-8-19)28(20-9-5-2-6-10-20)32-30-18-22-16-24(34(39)40)12-14-26(22)36/h1-18,35-36H/b29-17+,30-18+,31-27-,32-28-. The van der Waals surface area contributed by atoms with Crippen LogP contribution in [0.25, 0.3) is 0 Å². The molecule has 40 heavy (non-hydrogen) atoms. The maximum absolute atomic E-state index is 11.1. The molecule has 0 fully saturated rings. The van der Waals surface area contributed by atoms with Crippen molar-refractivity contribution in [3.05, 3.63) is 140 Å². The van der Waals surface area contributed by atoms with E-state index < -0.39 is 9.85 Å². The van der Waals surface area contributed by atoms with Gasteiger partial charge in [0.2, 0.25) is 0 Å². The maximum Gasteiger partial charge on any atom is 0.270 e. The van der Waals surface area contributed by atoms with Gasteiger partial charge in [-0.2, -0.15) is 10.2 Å². The summed E-state index contributed by atoms with van der Waals surface area (Å²) in [5, 5.41) is 59.3. The number of nitro groups is 2. The van der Waals surface area contributed by atoms with Crippen molar-refractivity contribution in [2.24, 2.45) is 20.4 Å². The first-order chi connectivity index (χ1) is 19.3. The van der Waals surface area contributed by atoms with E-state index in [1.54, 1.807) is 48.5 Å². The van der Waals surface area contributed by atoms with Gasteiger partial charge in [-0.3, -0.25) is 20.2 Å². The van der Waals surface area contributed by atoms with Crippen molar-refractivity contribution in [1.82, 2.24) is 0 Å². The Morgan fingerprint density at radius 1 is 0.600 bits per heavy atom. The summed E-state index contributed by atoms with van der Waals surface area (Å²) < 4.78 is 0. The van der Waals surface area contributed by atoms with Crippen LogP contribution in [0.4, 0.5) is 11.4 Å². The van der Waals surface area contributed by atoms with Crippen LogP contribution >= 0.6 is 0 Å². The highest BCUT2D eigenvalue weighted by molar-refractivity contribution is 6.53. The Morgan fingerprint density at radius 3 is 1.32 bits per heavy atom. The Bertz CT molecular complexity index is 1540. The van der Waals surface area contributed by atoms with Crippen LogP contribution in [0, 0.1) is 20.2 Å². The second-order valence-electron chi connectivity index (χ2n) is 8.12. The molecular formula is C28H20N6O6. The summed E-state index contributed by atoms with van der Waals surface area (Å²) in [7, 11) is 0. The van der Waals surface area contributed by atoms with E-state index in [0.29, 0.717) is 11.1 Å². The SMILES string of the molecule is O=[N+]([O-])c1ccc(O)c(/C=N/N=C(\C(=N/N=C/c2cc([N+](=O)[O-])ccc2O)c2ccccc2)c2ccccc2)c1. The molecule has 0 unspecified atom stereocenters. The largest absolute Gasteiger partial charge is 0.507 e. The summed E-state index contributed by atoms with van der Waals surface area (Å²) in [5.74, 6) is -0.437. The van der Waals surface area contributed by atoms with Gasteiger partial charge in [0.25, 0.3) is 11.4 Å². The number of nitrogens with zero attached hydrogens (tertiary/aromatic N) is 6. The zero-order valence-corrected chi connectivity index (χ0v) is 20.6. The Kier molecular flexibility index (Phi) is 8.42. The second kappa shape index (κ2) is 12.5. The number of hydrogen-bond acceptors (Lipinski definition) is 10.